The van der Waals surface area contributed by atoms with Gasteiger partial charge in [-0.2, -0.15) is 0 Å². The first-order valence-corrected chi connectivity index (χ1v) is 7.37. The van der Waals surface area contributed by atoms with E-state index in [9.17, 15) is 4.79 Å². The summed E-state index contributed by atoms with van der Waals surface area (Å²) in [7, 11) is 0. The molecule has 0 saturated carbocycles. The van der Waals surface area contributed by atoms with E-state index in [-0.39, 0.29) is 5.91 Å². The standard InChI is InChI=1S/C16H19N5O/c1-12-8-13(10-18-9-12)16(22)20-15-3-2-14(11-19-15)21-6-4-17-5-7-21/h2-3,8-11,17H,4-7H2,1H3,(H,19,20,22). The second kappa shape index (κ2) is 6.53. The van der Waals surface area contributed by atoms with Crippen molar-refractivity contribution in [1.82, 2.24) is 15.3 Å². The number of anilines is 2. The van der Waals surface area contributed by atoms with Crippen molar-refractivity contribution in [2.45, 2.75) is 6.92 Å². The number of aryl methyl sites for hydroxylation is 1. The number of aromatic nitrogens is 2. The van der Waals surface area contributed by atoms with Crippen LogP contribution >= 0.6 is 0 Å². The van der Waals surface area contributed by atoms with Crippen molar-refractivity contribution in [3.8, 4) is 0 Å². The van der Waals surface area contributed by atoms with Crippen molar-refractivity contribution in [1.29, 1.82) is 0 Å². The number of carbonyl (C=O) groups excluding carboxylic acids is 1. The van der Waals surface area contributed by atoms with Crippen LogP contribution in [0.25, 0.3) is 0 Å². The van der Waals surface area contributed by atoms with Crippen LogP contribution in [0.15, 0.2) is 36.8 Å². The SMILES string of the molecule is Cc1cncc(C(=O)Nc2ccc(N3CCNCC3)cn2)c1. The molecule has 0 unspecified atom stereocenters. The number of rotatable bonds is 3. The lowest BCUT2D eigenvalue weighted by molar-refractivity contribution is 0.102. The van der Waals surface area contributed by atoms with Crippen molar-refractivity contribution in [3.05, 3.63) is 47.9 Å². The summed E-state index contributed by atoms with van der Waals surface area (Å²) in [4.78, 5) is 22.8. The van der Waals surface area contributed by atoms with Gasteiger partial charge in [-0.3, -0.25) is 9.78 Å². The number of pyridine rings is 2. The maximum absolute atomic E-state index is 12.1. The largest absolute Gasteiger partial charge is 0.368 e. The van der Waals surface area contributed by atoms with Crippen molar-refractivity contribution in [3.63, 3.8) is 0 Å². The third-order valence-electron chi connectivity index (χ3n) is 3.61. The molecule has 1 fully saturated rings. The Labute approximate surface area is 129 Å². The average molecular weight is 297 g/mol. The lowest BCUT2D eigenvalue weighted by Crippen LogP contribution is -2.43. The fourth-order valence-electron chi connectivity index (χ4n) is 2.44. The van der Waals surface area contributed by atoms with Gasteiger partial charge in [0.15, 0.2) is 0 Å². The molecular weight excluding hydrogens is 278 g/mol. The lowest BCUT2D eigenvalue weighted by Gasteiger charge is -2.29. The molecule has 1 saturated heterocycles. The first-order valence-electron chi connectivity index (χ1n) is 7.37. The van der Waals surface area contributed by atoms with Crippen molar-refractivity contribution in [2.75, 3.05) is 36.4 Å². The Morgan fingerprint density at radius 2 is 2.05 bits per heavy atom. The molecule has 1 aliphatic heterocycles. The van der Waals surface area contributed by atoms with Gasteiger partial charge in [0.2, 0.25) is 0 Å². The first-order chi connectivity index (χ1) is 10.7. The Hall–Kier alpha value is -2.47. The van der Waals surface area contributed by atoms with E-state index >= 15 is 0 Å². The number of hydrogen-bond acceptors (Lipinski definition) is 5. The molecule has 1 aliphatic rings. The third-order valence-corrected chi connectivity index (χ3v) is 3.61. The van der Waals surface area contributed by atoms with Crippen molar-refractivity contribution >= 4 is 17.4 Å². The minimum Gasteiger partial charge on any atom is -0.368 e. The fraction of sp³-hybridized carbons (Fsp3) is 0.312. The van der Waals surface area contributed by atoms with Crippen LogP contribution in [0, 0.1) is 6.92 Å². The second-order valence-electron chi connectivity index (χ2n) is 5.34. The zero-order valence-corrected chi connectivity index (χ0v) is 12.5. The quantitative estimate of drug-likeness (QED) is 0.897. The Kier molecular flexibility index (Phi) is 4.29. The number of piperazine rings is 1. The molecule has 2 aromatic rings. The Morgan fingerprint density at radius 3 is 2.73 bits per heavy atom. The summed E-state index contributed by atoms with van der Waals surface area (Å²) in [5, 5.41) is 6.11. The topological polar surface area (TPSA) is 70.2 Å². The van der Waals surface area contributed by atoms with Gasteiger partial charge in [0.1, 0.15) is 5.82 Å². The fourth-order valence-corrected chi connectivity index (χ4v) is 2.44. The van der Waals surface area contributed by atoms with Gasteiger partial charge in [0, 0.05) is 38.6 Å². The maximum Gasteiger partial charge on any atom is 0.258 e. The molecule has 0 radical (unpaired) electrons. The van der Waals surface area contributed by atoms with E-state index in [4.69, 9.17) is 0 Å². The van der Waals surface area contributed by atoms with Crippen LogP contribution in [-0.4, -0.2) is 42.1 Å². The molecule has 3 rings (SSSR count). The van der Waals surface area contributed by atoms with E-state index in [0.717, 1.165) is 37.4 Å². The summed E-state index contributed by atoms with van der Waals surface area (Å²) in [5.41, 5.74) is 2.57. The van der Waals surface area contributed by atoms with Gasteiger partial charge in [-0.1, -0.05) is 0 Å². The summed E-state index contributed by atoms with van der Waals surface area (Å²) in [5.74, 6) is 0.351. The van der Waals surface area contributed by atoms with Gasteiger partial charge in [-0.05, 0) is 30.7 Å². The molecule has 2 N–H and O–H groups in total. The molecular formula is C16H19N5O. The monoisotopic (exact) mass is 297 g/mol. The molecule has 0 atom stereocenters. The molecule has 22 heavy (non-hydrogen) atoms. The average Bonchev–Trinajstić information content (AvgIpc) is 2.56. The van der Waals surface area contributed by atoms with Crippen molar-refractivity contribution < 1.29 is 4.79 Å². The second-order valence-corrected chi connectivity index (χ2v) is 5.34. The van der Waals surface area contributed by atoms with E-state index in [1.807, 2.05) is 19.1 Å². The van der Waals surface area contributed by atoms with E-state index < -0.39 is 0 Å². The van der Waals surface area contributed by atoms with Crippen LogP contribution in [0.3, 0.4) is 0 Å². The smallest absolute Gasteiger partial charge is 0.258 e. The predicted octanol–water partition coefficient (Wildman–Crippen LogP) is 1.45. The Balaban J connectivity index is 1.66. The number of carbonyl (C=O) groups is 1. The highest BCUT2D eigenvalue weighted by molar-refractivity contribution is 6.03. The summed E-state index contributed by atoms with van der Waals surface area (Å²) in [6, 6.07) is 5.62. The van der Waals surface area contributed by atoms with Crippen molar-refractivity contribution in [2.24, 2.45) is 0 Å². The van der Waals surface area contributed by atoms with Crippen LogP contribution in [0.1, 0.15) is 15.9 Å². The molecule has 1 amide bonds. The summed E-state index contributed by atoms with van der Waals surface area (Å²) >= 11 is 0. The van der Waals surface area contributed by atoms with Gasteiger partial charge in [0.05, 0.1) is 17.4 Å². The molecule has 114 valence electrons. The van der Waals surface area contributed by atoms with Crippen LogP contribution < -0.4 is 15.5 Å². The Morgan fingerprint density at radius 1 is 1.23 bits per heavy atom. The predicted molar refractivity (Wildman–Crippen MR) is 86.2 cm³/mol. The van der Waals surface area contributed by atoms with Gasteiger partial charge in [0.25, 0.3) is 5.91 Å². The number of amides is 1. The summed E-state index contributed by atoms with van der Waals surface area (Å²) in [6.45, 7) is 5.83. The van der Waals surface area contributed by atoms with Gasteiger partial charge in [-0.15, -0.1) is 0 Å². The van der Waals surface area contributed by atoms with Gasteiger partial charge < -0.3 is 15.5 Å². The zero-order chi connectivity index (χ0) is 15.4. The van der Waals surface area contributed by atoms with Crippen LogP contribution in [0.5, 0.6) is 0 Å². The minimum absolute atomic E-state index is 0.196. The maximum atomic E-state index is 12.1. The van der Waals surface area contributed by atoms with E-state index in [0.29, 0.717) is 11.4 Å². The minimum atomic E-state index is -0.196. The highest BCUT2D eigenvalue weighted by Gasteiger charge is 2.11. The Bertz CT molecular complexity index is 650. The number of nitrogens with zero attached hydrogens (tertiary/aromatic N) is 3. The van der Waals surface area contributed by atoms with E-state index in [2.05, 4.69) is 25.5 Å². The highest BCUT2D eigenvalue weighted by atomic mass is 16.1. The third kappa shape index (κ3) is 3.40. The highest BCUT2D eigenvalue weighted by Crippen LogP contribution is 2.16. The van der Waals surface area contributed by atoms with Crippen LogP contribution in [0.2, 0.25) is 0 Å². The summed E-state index contributed by atoms with van der Waals surface area (Å²) < 4.78 is 0. The molecule has 6 nitrogen and oxygen atoms in total. The molecule has 0 aliphatic carbocycles. The summed E-state index contributed by atoms with van der Waals surface area (Å²) in [6.07, 6.45) is 5.07. The number of nitrogens with one attached hydrogen (secondary N) is 2. The van der Waals surface area contributed by atoms with Crippen LogP contribution in [0.4, 0.5) is 11.5 Å². The molecule has 0 spiro atoms. The molecule has 3 heterocycles. The normalized spacial score (nSPS) is 14.7. The molecule has 2 aromatic heterocycles. The number of hydrogen-bond donors (Lipinski definition) is 2. The van der Waals surface area contributed by atoms with Gasteiger partial charge in [-0.25, -0.2) is 4.98 Å². The van der Waals surface area contributed by atoms with E-state index in [1.54, 1.807) is 24.7 Å². The zero-order valence-electron chi connectivity index (χ0n) is 12.5. The lowest BCUT2D eigenvalue weighted by atomic mass is 10.2. The molecule has 6 heteroatoms. The van der Waals surface area contributed by atoms with Gasteiger partial charge >= 0.3 is 0 Å². The molecule has 0 aromatic carbocycles. The first kappa shape index (κ1) is 14.5. The molecule has 0 bridgehead atoms. The van der Waals surface area contributed by atoms with Crippen LogP contribution in [-0.2, 0) is 0 Å². The van der Waals surface area contributed by atoms with E-state index in [1.165, 1.54) is 0 Å².